The van der Waals surface area contributed by atoms with E-state index < -0.39 is 18.1 Å². The fourth-order valence-corrected chi connectivity index (χ4v) is 2.85. The second kappa shape index (κ2) is 6.90. The first kappa shape index (κ1) is 16.9. The lowest BCUT2D eigenvalue weighted by atomic mass is 9.97. The molecule has 1 saturated heterocycles. The number of aromatic nitrogens is 1. The van der Waals surface area contributed by atoms with Crippen molar-refractivity contribution in [3.8, 4) is 0 Å². The van der Waals surface area contributed by atoms with Crippen molar-refractivity contribution in [2.75, 3.05) is 19.0 Å². The maximum atomic E-state index is 12.7. The number of H-pyrrole nitrogens is 1. The fourth-order valence-electron chi connectivity index (χ4n) is 2.85. The highest BCUT2D eigenvalue weighted by Gasteiger charge is 2.40. The summed E-state index contributed by atoms with van der Waals surface area (Å²) in [6, 6.07) is 11.9. The Morgan fingerprint density at radius 3 is 2.60 bits per heavy atom. The van der Waals surface area contributed by atoms with Crippen LogP contribution in [0.4, 0.5) is 5.69 Å². The van der Waals surface area contributed by atoms with Crippen molar-refractivity contribution in [2.24, 2.45) is 0 Å². The Balaban J connectivity index is 1.88. The van der Waals surface area contributed by atoms with Crippen molar-refractivity contribution in [3.63, 3.8) is 0 Å². The first-order valence-electron chi connectivity index (χ1n) is 7.90. The van der Waals surface area contributed by atoms with E-state index in [-0.39, 0.29) is 23.8 Å². The molecule has 7 heteroatoms. The number of hydrogen-bond donors (Lipinski definition) is 2. The quantitative estimate of drug-likeness (QED) is 0.878. The molecule has 0 bridgehead atoms. The Labute approximate surface area is 144 Å². The van der Waals surface area contributed by atoms with Crippen LogP contribution < -0.4 is 10.9 Å². The SMILES string of the molecule is Cc1ccc(NC(=O)[C@H]2OCC(=O)N(C)[C@H]2c2ccccc2)c(=O)[nH]1. The molecule has 2 N–H and O–H groups in total. The summed E-state index contributed by atoms with van der Waals surface area (Å²) in [7, 11) is 1.64. The summed E-state index contributed by atoms with van der Waals surface area (Å²) >= 11 is 0. The Hall–Kier alpha value is -2.93. The van der Waals surface area contributed by atoms with E-state index in [1.807, 2.05) is 30.3 Å². The first-order chi connectivity index (χ1) is 12.0. The second-order valence-corrected chi connectivity index (χ2v) is 5.97. The van der Waals surface area contributed by atoms with Crippen LogP contribution in [-0.4, -0.2) is 41.5 Å². The van der Waals surface area contributed by atoms with Crippen molar-refractivity contribution in [2.45, 2.75) is 19.1 Å². The molecule has 1 aromatic carbocycles. The van der Waals surface area contributed by atoms with Crippen molar-refractivity contribution in [1.29, 1.82) is 0 Å². The zero-order chi connectivity index (χ0) is 18.0. The molecule has 1 aromatic heterocycles. The number of amides is 2. The summed E-state index contributed by atoms with van der Waals surface area (Å²) in [4.78, 5) is 40.8. The van der Waals surface area contributed by atoms with E-state index in [9.17, 15) is 14.4 Å². The van der Waals surface area contributed by atoms with Gasteiger partial charge in [0, 0.05) is 12.7 Å². The average Bonchev–Trinajstić information content (AvgIpc) is 2.60. The van der Waals surface area contributed by atoms with Gasteiger partial charge in [-0.15, -0.1) is 0 Å². The molecule has 3 rings (SSSR count). The predicted molar refractivity (Wildman–Crippen MR) is 92.1 cm³/mol. The van der Waals surface area contributed by atoms with Gasteiger partial charge in [-0.1, -0.05) is 30.3 Å². The largest absolute Gasteiger partial charge is 0.356 e. The van der Waals surface area contributed by atoms with Crippen molar-refractivity contribution >= 4 is 17.5 Å². The van der Waals surface area contributed by atoms with E-state index in [0.717, 1.165) is 5.56 Å². The number of aryl methyl sites for hydroxylation is 1. The number of likely N-dealkylation sites (N-methyl/N-ethyl adjacent to an activating group) is 1. The van der Waals surface area contributed by atoms with Gasteiger partial charge < -0.3 is 19.9 Å². The van der Waals surface area contributed by atoms with E-state index in [1.54, 1.807) is 26.1 Å². The van der Waals surface area contributed by atoms with Crippen LogP contribution in [0.2, 0.25) is 0 Å². The van der Waals surface area contributed by atoms with Gasteiger partial charge in [0.05, 0.1) is 6.04 Å². The van der Waals surface area contributed by atoms with E-state index in [1.165, 1.54) is 4.90 Å². The average molecular weight is 341 g/mol. The second-order valence-electron chi connectivity index (χ2n) is 5.97. The van der Waals surface area contributed by atoms with Gasteiger partial charge in [0.1, 0.15) is 12.3 Å². The Morgan fingerprint density at radius 2 is 1.92 bits per heavy atom. The standard InChI is InChI=1S/C18H19N3O4/c1-11-8-9-13(17(23)19-11)20-18(24)16-15(12-6-4-3-5-7-12)21(2)14(22)10-25-16/h3-9,15-16H,10H2,1-2H3,(H,19,23)(H,20,24)/t15-,16-/m0/s1. The fraction of sp³-hybridized carbons (Fsp3) is 0.278. The molecule has 0 aliphatic carbocycles. The number of nitrogens with zero attached hydrogens (tertiary/aromatic N) is 1. The van der Waals surface area contributed by atoms with Crippen LogP contribution in [0.3, 0.4) is 0 Å². The third kappa shape index (κ3) is 3.46. The number of carbonyl (C=O) groups is 2. The number of rotatable bonds is 3. The van der Waals surface area contributed by atoms with E-state index in [4.69, 9.17) is 4.74 Å². The van der Waals surface area contributed by atoms with Crippen molar-refractivity contribution in [1.82, 2.24) is 9.88 Å². The minimum Gasteiger partial charge on any atom is -0.356 e. The number of aromatic amines is 1. The van der Waals surface area contributed by atoms with Gasteiger partial charge in [-0.25, -0.2) is 0 Å². The van der Waals surface area contributed by atoms with Crippen LogP contribution in [0.5, 0.6) is 0 Å². The summed E-state index contributed by atoms with van der Waals surface area (Å²) in [5.74, 6) is -0.673. The summed E-state index contributed by atoms with van der Waals surface area (Å²) in [5.41, 5.74) is 1.25. The molecule has 1 aliphatic rings. The number of morpholine rings is 1. The minimum atomic E-state index is -0.911. The highest BCUT2D eigenvalue weighted by atomic mass is 16.5. The lowest BCUT2D eigenvalue weighted by Crippen LogP contribution is -2.51. The summed E-state index contributed by atoms with van der Waals surface area (Å²) < 4.78 is 5.51. The van der Waals surface area contributed by atoms with Gasteiger partial charge in [0.15, 0.2) is 6.10 Å². The first-order valence-corrected chi connectivity index (χ1v) is 7.90. The summed E-state index contributed by atoms with van der Waals surface area (Å²) in [6.07, 6.45) is -0.911. The summed E-state index contributed by atoms with van der Waals surface area (Å²) in [5, 5.41) is 2.60. The molecule has 0 unspecified atom stereocenters. The van der Waals surface area contributed by atoms with Crippen molar-refractivity contribution < 1.29 is 14.3 Å². The number of ether oxygens (including phenoxy) is 1. The van der Waals surface area contributed by atoms with E-state index >= 15 is 0 Å². The smallest absolute Gasteiger partial charge is 0.271 e. The normalized spacial score (nSPS) is 20.4. The zero-order valence-electron chi connectivity index (χ0n) is 14.0. The van der Waals surface area contributed by atoms with Crippen LogP contribution in [0.15, 0.2) is 47.3 Å². The maximum absolute atomic E-state index is 12.7. The molecule has 25 heavy (non-hydrogen) atoms. The Bertz CT molecular complexity index is 847. The van der Waals surface area contributed by atoms with Gasteiger partial charge >= 0.3 is 0 Å². The highest BCUT2D eigenvalue weighted by Crippen LogP contribution is 2.29. The lowest BCUT2D eigenvalue weighted by Gasteiger charge is -2.38. The molecular weight excluding hydrogens is 322 g/mol. The molecule has 2 atom stereocenters. The molecule has 0 saturated carbocycles. The Morgan fingerprint density at radius 1 is 1.20 bits per heavy atom. The number of carbonyl (C=O) groups excluding carboxylic acids is 2. The van der Waals surface area contributed by atoms with Gasteiger partial charge in [0.25, 0.3) is 11.5 Å². The van der Waals surface area contributed by atoms with Gasteiger partial charge in [-0.2, -0.15) is 0 Å². The monoisotopic (exact) mass is 341 g/mol. The van der Waals surface area contributed by atoms with Gasteiger partial charge in [0.2, 0.25) is 5.91 Å². The number of nitrogens with one attached hydrogen (secondary N) is 2. The molecule has 1 fully saturated rings. The Kier molecular flexibility index (Phi) is 4.67. The molecule has 2 heterocycles. The zero-order valence-corrected chi connectivity index (χ0v) is 14.0. The molecule has 2 amide bonds. The number of benzene rings is 1. The number of hydrogen-bond acceptors (Lipinski definition) is 4. The minimum absolute atomic E-state index is 0.144. The molecule has 0 radical (unpaired) electrons. The topological polar surface area (TPSA) is 91.5 Å². The molecule has 130 valence electrons. The number of pyridine rings is 1. The number of anilines is 1. The molecular formula is C18H19N3O4. The van der Waals surface area contributed by atoms with Crippen LogP contribution in [0.25, 0.3) is 0 Å². The predicted octanol–water partition coefficient (Wildman–Crippen LogP) is 1.22. The molecule has 7 nitrogen and oxygen atoms in total. The highest BCUT2D eigenvalue weighted by molar-refractivity contribution is 5.96. The third-order valence-corrected chi connectivity index (χ3v) is 4.20. The maximum Gasteiger partial charge on any atom is 0.271 e. The molecule has 2 aromatic rings. The van der Waals surface area contributed by atoms with E-state index in [0.29, 0.717) is 5.69 Å². The van der Waals surface area contributed by atoms with Crippen LogP contribution >= 0.6 is 0 Å². The van der Waals surface area contributed by atoms with Gasteiger partial charge in [-0.05, 0) is 24.6 Å². The third-order valence-electron chi connectivity index (χ3n) is 4.20. The van der Waals surface area contributed by atoms with Crippen LogP contribution in [0.1, 0.15) is 17.3 Å². The van der Waals surface area contributed by atoms with Crippen LogP contribution in [0, 0.1) is 6.92 Å². The van der Waals surface area contributed by atoms with Crippen LogP contribution in [-0.2, 0) is 14.3 Å². The molecule has 1 aliphatic heterocycles. The lowest BCUT2D eigenvalue weighted by molar-refractivity contribution is -0.160. The summed E-state index contributed by atoms with van der Waals surface area (Å²) in [6.45, 7) is 1.57. The van der Waals surface area contributed by atoms with Gasteiger partial charge in [-0.3, -0.25) is 14.4 Å². The van der Waals surface area contributed by atoms with E-state index in [2.05, 4.69) is 10.3 Å². The van der Waals surface area contributed by atoms with Crippen molar-refractivity contribution in [3.05, 3.63) is 64.1 Å². The molecule has 0 spiro atoms.